The molecule has 4 unspecified atom stereocenters. The van der Waals surface area contributed by atoms with Gasteiger partial charge in [-0.25, -0.2) is 0 Å². The molecule has 6 heteroatoms. The van der Waals surface area contributed by atoms with Crippen LogP contribution in [0, 0.1) is 0 Å². The molecule has 52 heavy (non-hydrogen) atoms. The molecule has 0 bridgehead atoms. The molecule has 0 radical (unpaired) electrons. The van der Waals surface area contributed by atoms with Gasteiger partial charge in [-0.2, -0.15) is 0 Å². The fourth-order valence-corrected chi connectivity index (χ4v) is 7.01. The SMILES string of the molecule is CCCCCCCCCCCC/C=C/CC/C=C/CCCC(O)C(O)C(CO)NC(=O)C(O)CCCCCCCCCCCCCCCCCCC. The fraction of sp³-hybridized carbons (Fsp3) is 0.891. The Morgan fingerprint density at radius 2 is 0.808 bits per heavy atom. The molecule has 1 amide bonds. The second-order valence-electron chi connectivity index (χ2n) is 15.7. The maximum Gasteiger partial charge on any atom is 0.249 e. The van der Waals surface area contributed by atoms with Crippen LogP contribution in [0.3, 0.4) is 0 Å². The first-order chi connectivity index (χ1) is 25.5. The van der Waals surface area contributed by atoms with E-state index in [9.17, 15) is 25.2 Å². The van der Waals surface area contributed by atoms with Crippen molar-refractivity contribution in [3.8, 4) is 0 Å². The van der Waals surface area contributed by atoms with E-state index >= 15 is 0 Å². The normalized spacial score (nSPS) is 14.3. The number of carbonyl (C=O) groups excluding carboxylic acids is 1. The summed E-state index contributed by atoms with van der Waals surface area (Å²) in [5, 5.41) is 43.7. The zero-order chi connectivity index (χ0) is 38.2. The van der Waals surface area contributed by atoms with Crippen LogP contribution in [0.5, 0.6) is 0 Å². The van der Waals surface area contributed by atoms with Gasteiger partial charge in [-0.1, -0.05) is 205 Å². The maximum absolute atomic E-state index is 12.5. The summed E-state index contributed by atoms with van der Waals surface area (Å²) in [6.07, 6.45) is 46.4. The highest BCUT2D eigenvalue weighted by molar-refractivity contribution is 5.80. The summed E-state index contributed by atoms with van der Waals surface area (Å²) in [4.78, 5) is 12.5. The lowest BCUT2D eigenvalue weighted by Crippen LogP contribution is -2.53. The van der Waals surface area contributed by atoms with Crippen LogP contribution in [-0.4, -0.2) is 57.3 Å². The van der Waals surface area contributed by atoms with Crippen LogP contribution in [0.4, 0.5) is 0 Å². The Bertz CT molecular complexity index is 787. The van der Waals surface area contributed by atoms with Gasteiger partial charge in [0.15, 0.2) is 0 Å². The zero-order valence-electron chi connectivity index (χ0n) is 34.6. The molecule has 0 aromatic carbocycles. The minimum absolute atomic E-state index is 0.364. The Hall–Kier alpha value is -1.21. The smallest absolute Gasteiger partial charge is 0.249 e. The molecule has 0 aliphatic carbocycles. The largest absolute Gasteiger partial charge is 0.394 e. The van der Waals surface area contributed by atoms with Crippen molar-refractivity contribution in [1.29, 1.82) is 0 Å². The third-order valence-corrected chi connectivity index (χ3v) is 10.6. The number of rotatable bonds is 41. The molecule has 0 saturated carbocycles. The Kier molecular flexibility index (Phi) is 40.0. The number of aliphatic hydroxyl groups is 4. The van der Waals surface area contributed by atoms with Gasteiger partial charge in [0.25, 0.3) is 0 Å². The Labute approximate surface area is 323 Å². The molecule has 0 aliphatic heterocycles. The predicted octanol–water partition coefficient (Wildman–Crippen LogP) is 12.0. The molecule has 0 saturated heterocycles. The van der Waals surface area contributed by atoms with E-state index in [4.69, 9.17) is 0 Å². The molecular weight excluding hydrogens is 647 g/mol. The zero-order valence-corrected chi connectivity index (χ0v) is 34.6. The van der Waals surface area contributed by atoms with Gasteiger partial charge in [0.1, 0.15) is 12.2 Å². The van der Waals surface area contributed by atoms with E-state index in [0.717, 1.165) is 38.5 Å². The van der Waals surface area contributed by atoms with E-state index in [-0.39, 0.29) is 0 Å². The first kappa shape index (κ1) is 50.8. The van der Waals surface area contributed by atoms with Crippen molar-refractivity contribution in [2.75, 3.05) is 6.61 Å². The third kappa shape index (κ3) is 34.6. The number of amides is 1. The van der Waals surface area contributed by atoms with Gasteiger partial charge in [-0.15, -0.1) is 0 Å². The third-order valence-electron chi connectivity index (χ3n) is 10.6. The van der Waals surface area contributed by atoms with Crippen LogP contribution in [0.2, 0.25) is 0 Å². The number of unbranched alkanes of at least 4 members (excludes halogenated alkanes) is 28. The topological polar surface area (TPSA) is 110 Å². The molecule has 0 spiro atoms. The highest BCUT2D eigenvalue weighted by atomic mass is 16.3. The van der Waals surface area contributed by atoms with Gasteiger partial charge in [0, 0.05) is 0 Å². The van der Waals surface area contributed by atoms with E-state index < -0.39 is 36.9 Å². The lowest BCUT2D eigenvalue weighted by atomic mass is 10.00. The van der Waals surface area contributed by atoms with Gasteiger partial charge < -0.3 is 25.7 Å². The molecule has 0 aromatic rings. The summed E-state index contributed by atoms with van der Waals surface area (Å²) in [5.74, 6) is -0.595. The van der Waals surface area contributed by atoms with Crippen molar-refractivity contribution in [2.24, 2.45) is 0 Å². The Balaban J connectivity index is 3.78. The number of hydrogen-bond donors (Lipinski definition) is 5. The fourth-order valence-electron chi connectivity index (χ4n) is 7.01. The lowest BCUT2D eigenvalue weighted by molar-refractivity contribution is -0.132. The predicted molar refractivity (Wildman–Crippen MR) is 224 cm³/mol. The van der Waals surface area contributed by atoms with Crippen LogP contribution in [-0.2, 0) is 4.79 Å². The van der Waals surface area contributed by atoms with Crippen molar-refractivity contribution in [3.63, 3.8) is 0 Å². The number of carbonyl (C=O) groups is 1. The molecule has 0 heterocycles. The molecule has 0 rings (SSSR count). The van der Waals surface area contributed by atoms with Crippen LogP contribution in [0.1, 0.15) is 232 Å². The van der Waals surface area contributed by atoms with E-state index in [0.29, 0.717) is 19.3 Å². The van der Waals surface area contributed by atoms with Crippen LogP contribution in [0.15, 0.2) is 24.3 Å². The Morgan fingerprint density at radius 1 is 0.462 bits per heavy atom. The minimum Gasteiger partial charge on any atom is -0.394 e. The average Bonchev–Trinajstić information content (AvgIpc) is 3.15. The molecule has 0 aliphatic rings. The maximum atomic E-state index is 12.5. The molecular formula is C46H89NO5. The quantitative estimate of drug-likeness (QED) is 0.0317. The van der Waals surface area contributed by atoms with Crippen LogP contribution >= 0.6 is 0 Å². The van der Waals surface area contributed by atoms with Crippen molar-refractivity contribution in [1.82, 2.24) is 5.32 Å². The second-order valence-corrected chi connectivity index (χ2v) is 15.7. The number of allylic oxidation sites excluding steroid dienone is 4. The number of nitrogens with one attached hydrogen (secondary N) is 1. The van der Waals surface area contributed by atoms with Crippen LogP contribution < -0.4 is 5.32 Å². The summed E-state index contributed by atoms with van der Waals surface area (Å²) < 4.78 is 0. The average molecular weight is 736 g/mol. The lowest BCUT2D eigenvalue weighted by Gasteiger charge is -2.27. The number of aliphatic hydroxyl groups excluding tert-OH is 4. The minimum atomic E-state index is -1.29. The summed E-state index contributed by atoms with van der Waals surface area (Å²) in [6, 6.07) is -1.00. The molecule has 4 atom stereocenters. The highest BCUT2D eigenvalue weighted by Crippen LogP contribution is 2.16. The summed E-state index contributed by atoms with van der Waals surface area (Å²) in [6.45, 7) is 4.04. The van der Waals surface area contributed by atoms with E-state index in [1.54, 1.807) is 0 Å². The number of hydrogen-bond acceptors (Lipinski definition) is 5. The van der Waals surface area contributed by atoms with Crippen molar-refractivity contribution >= 4 is 5.91 Å². The summed E-state index contributed by atoms with van der Waals surface area (Å²) in [7, 11) is 0. The van der Waals surface area contributed by atoms with Gasteiger partial charge in [-0.3, -0.25) is 4.79 Å². The highest BCUT2D eigenvalue weighted by Gasteiger charge is 2.28. The first-order valence-electron chi connectivity index (χ1n) is 22.7. The van der Waals surface area contributed by atoms with Crippen molar-refractivity contribution in [3.05, 3.63) is 24.3 Å². The molecule has 308 valence electrons. The van der Waals surface area contributed by atoms with E-state index in [1.165, 1.54) is 161 Å². The van der Waals surface area contributed by atoms with Gasteiger partial charge >= 0.3 is 0 Å². The molecule has 5 N–H and O–H groups in total. The van der Waals surface area contributed by atoms with Gasteiger partial charge in [-0.05, 0) is 51.4 Å². The van der Waals surface area contributed by atoms with Gasteiger partial charge in [0.05, 0.1) is 18.8 Å². The molecule has 0 fully saturated rings. The molecule has 0 aromatic heterocycles. The summed E-state index contributed by atoms with van der Waals surface area (Å²) in [5.41, 5.74) is 0. The van der Waals surface area contributed by atoms with Crippen molar-refractivity contribution < 1.29 is 25.2 Å². The van der Waals surface area contributed by atoms with Crippen LogP contribution in [0.25, 0.3) is 0 Å². The summed E-state index contributed by atoms with van der Waals surface area (Å²) >= 11 is 0. The van der Waals surface area contributed by atoms with E-state index in [2.05, 4.69) is 43.5 Å². The van der Waals surface area contributed by atoms with Gasteiger partial charge in [0.2, 0.25) is 5.91 Å². The van der Waals surface area contributed by atoms with Crippen molar-refractivity contribution in [2.45, 2.75) is 257 Å². The Morgan fingerprint density at radius 3 is 1.21 bits per heavy atom. The monoisotopic (exact) mass is 736 g/mol. The first-order valence-corrected chi connectivity index (χ1v) is 22.7. The molecule has 6 nitrogen and oxygen atoms in total. The standard InChI is InChI=1S/C46H89NO5/c1-3-5-7-9-11-13-15-17-19-21-22-24-25-27-29-31-33-35-37-39-43(49)45(51)42(41-48)47-46(52)44(50)40-38-36-34-32-30-28-26-23-20-18-16-14-12-10-8-6-4-2/h24-25,31,33,42-45,48-51H,3-23,26-30,32,34-41H2,1-2H3,(H,47,52)/b25-24+,33-31+. The second kappa shape index (κ2) is 41.0. The van der Waals surface area contributed by atoms with E-state index in [1.807, 2.05) is 0 Å².